The molecule has 1 saturated heterocycles. The third-order valence-electron chi connectivity index (χ3n) is 4.63. The second-order valence-electron chi connectivity index (χ2n) is 6.24. The molecule has 2 aliphatic rings. The largest absolute Gasteiger partial charge is 0.522 e. The van der Waals surface area contributed by atoms with Crippen LogP contribution in [0.5, 0.6) is 0 Å². The van der Waals surface area contributed by atoms with Crippen molar-refractivity contribution < 1.29 is 17.9 Å². The van der Waals surface area contributed by atoms with Crippen LogP contribution in [0.25, 0.3) is 0 Å². The lowest BCUT2D eigenvalue weighted by molar-refractivity contribution is -0.325. The Morgan fingerprint density at radius 2 is 2.05 bits per heavy atom. The summed E-state index contributed by atoms with van der Waals surface area (Å²) in [6, 6.07) is 0.387. The molecule has 1 aliphatic heterocycles. The Labute approximate surface area is 118 Å². The summed E-state index contributed by atoms with van der Waals surface area (Å²) in [5.41, 5.74) is -0.0147. The Kier molecular flexibility index (Phi) is 4.97. The Morgan fingerprint density at radius 3 is 2.60 bits per heavy atom. The van der Waals surface area contributed by atoms with Crippen molar-refractivity contribution in [2.75, 3.05) is 26.2 Å². The van der Waals surface area contributed by atoms with Crippen molar-refractivity contribution in [1.29, 1.82) is 0 Å². The second kappa shape index (κ2) is 6.20. The van der Waals surface area contributed by atoms with Crippen molar-refractivity contribution in [3.63, 3.8) is 0 Å². The molecule has 0 spiro atoms. The van der Waals surface area contributed by atoms with E-state index in [-0.39, 0.29) is 12.1 Å². The molecule has 2 unspecified atom stereocenters. The zero-order valence-electron chi connectivity index (χ0n) is 12.3. The highest BCUT2D eigenvalue weighted by Crippen LogP contribution is 2.44. The van der Waals surface area contributed by atoms with Gasteiger partial charge in [0.15, 0.2) is 0 Å². The van der Waals surface area contributed by atoms with Gasteiger partial charge in [0.05, 0.1) is 6.61 Å². The summed E-state index contributed by atoms with van der Waals surface area (Å²) >= 11 is 0. The van der Waals surface area contributed by atoms with Crippen LogP contribution in [0.4, 0.5) is 13.2 Å². The molecule has 1 aliphatic carbocycles. The monoisotopic (exact) mass is 294 g/mol. The first-order chi connectivity index (χ1) is 9.35. The lowest BCUT2D eigenvalue weighted by atomic mass is 9.89. The van der Waals surface area contributed by atoms with Crippen molar-refractivity contribution in [1.82, 2.24) is 10.2 Å². The summed E-state index contributed by atoms with van der Waals surface area (Å²) in [4.78, 5) is 2.22. The number of nitrogens with zero attached hydrogens (tertiary/aromatic N) is 1. The number of piperazine rings is 1. The van der Waals surface area contributed by atoms with Gasteiger partial charge in [0.2, 0.25) is 0 Å². The fraction of sp³-hybridized carbons (Fsp3) is 1.00. The summed E-state index contributed by atoms with van der Waals surface area (Å²) in [5, 5.41) is 3.56. The molecule has 1 saturated carbocycles. The molecule has 0 bridgehead atoms. The molecule has 6 heteroatoms. The molecule has 20 heavy (non-hydrogen) atoms. The topological polar surface area (TPSA) is 24.5 Å². The van der Waals surface area contributed by atoms with E-state index in [9.17, 15) is 13.2 Å². The third kappa shape index (κ3) is 4.09. The van der Waals surface area contributed by atoms with Crippen LogP contribution in [-0.2, 0) is 4.74 Å². The minimum absolute atomic E-state index is 0.0147. The Bertz CT molecular complexity index is 320. The van der Waals surface area contributed by atoms with Crippen molar-refractivity contribution in [2.24, 2.45) is 5.92 Å². The fourth-order valence-electron chi connectivity index (χ4n) is 3.27. The van der Waals surface area contributed by atoms with E-state index >= 15 is 0 Å². The third-order valence-corrected chi connectivity index (χ3v) is 4.63. The van der Waals surface area contributed by atoms with Crippen molar-refractivity contribution in [3.05, 3.63) is 0 Å². The Morgan fingerprint density at radius 1 is 1.35 bits per heavy atom. The van der Waals surface area contributed by atoms with Gasteiger partial charge in [-0.05, 0) is 32.1 Å². The Balaban J connectivity index is 1.91. The fourth-order valence-corrected chi connectivity index (χ4v) is 3.27. The highest BCUT2D eigenvalue weighted by molar-refractivity contribution is 5.04. The highest BCUT2D eigenvalue weighted by atomic mass is 19.4. The van der Waals surface area contributed by atoms with E-state index in [0.717, 1.165) is 25.9 Å². The number of rotatable bonds is 6. The standard InChI is InChI=1S/C14H25F3N2O/c1-3-4-12-9-19(7-8-20-14(15,16)17)13(2,10-18-12)11-5-6-11/h11-12,18H,3-10H2,1-2H3. The van der Waals surface area contributed by atoms with E-state index in [1.807, 2.05) is 0 Å². The van der Waals surface area contributed by atoms with E-state index in [1.165, 1.54) is 12.8 Å². The molecule has 0 amide bonds. The van der Waals surface area contributed by atoms with E-state index in [1.54, 1.807) is 0 Å². The average molecular weight is 294 g/mol. The molecule has 2 rings (SSSR count). The smallest absolute Gasteiger partial charge is 0.311 e. The second-order valence-corrected chi connectivity index (χ2v) is 6.24. The molecule has 1 heterocycles. The van der Waals surface area contributed by atoms with Gasteiger partial charge in [-0.25, -0.2) is 0 Å². The van der Waals surface area contributed by atoms with Gasteiger partial charge in [0.1, 0.15) is 0 Å². The first-order valence-corrected chi connectivity index (χ1v) is 7.54. The lowest BCUT2D eigenvalue weighted by Gasteiger charge is -2.48. The molecular weight excluding hydrogens is 269 g/mol. The molecule has 0 aromatic heterocycles. The summed E-state index contributed by atoms with van der Waals surface area (Å²) in [6.45, 7) is 6.08. The van der Waals surface area contributed by atoms with E-state index in [4.69, 9.17) is 0 Å². The number of ether oxygens (including phenoxy) is 1. The van der Waals surface area contributed by atoms with Gasteiger partial charge in [0.25, 0.3) is 0 Å². The van der Waals surface area contributed by atoms with Crippen molar-refractivity contribution >= 4 is 0 Å². The SMILES string of the molecule is CCCC1CN(CCOC(F)(F)F)C(C)(C2CC2)CN1. The molecule has 0 aromatic carbocycles. The highest BCUT2D eigenvalue weighted by Gasteiger charge is 2.48. The van der Waals surface area contributed by atoms with Gasteiger partial charge in [-0.15, -0.1) is 13.2 Å². The van der Waals surface area contributed by atoms with Crippen LogP contribution in [0, 0.1) is 5.92 Å². The normalized spacial score (nSPS) is 32.5. The Hall–Kier alpha value is -0.330. The maximum absolute atomic E-state index is 12.1. The molecule has 0 aromatic rings. The molecule has 118 valence electrons. The van der Waals surface area contributed by atoms with Crippen LogP contribution in [0.15, 0.2) is 0 Å². The minimum Gasteiger partial charge on any atom is -0.311 e. The van der Waals surface area contributed by atoms with E-state index < -0.39 is 6.36 Å². The first kappa shape index (κ1) is 16.0. The predicted molar refractivity (Wildman–Crippen MR) is 71.4 cm³/mol. The molecule has 3 nitrogen and oxygen atoms in total. The molecule has 2 fully saturated rings. The van der Waals surface area contributed by atoms with Gasteiger partial charge in [-0.2, -0.15) is 0 Å². The van der Waals surface area contributed by atoms with E-state index in [0.29, 0.717) is 18.5 Å². The lowest BCUT2D eigenvalue weighted by Crippen LogP contribution is -2.64. The van der Waals surface area contributed by atoms with Crippen molar-refractivity contribution in [3.8, 4) is 0 Å². The first-order valence-electron chi connectivity index (χ1n) is 7.54. The van der Waals surface area contributed by atoms with Crippen molar-refractivity contribution in [2.45, 2.75) is 57.5 Å². The van der Waals surface area contributed by atoms with Gasteiger partial charge >= 0.3 is 6.36 Å². The van der Waals surface area contributed by atoms with Crippen LogP contribution >= 0.6 is 0 Å². The summed E-state index contributed by atoms with van der Waals surface area (Å²) in [7, 11) is 0. The van der Waals surface area contributed by atoms with Crippen LogP contribution < -0.4 is 5.32 Å². The van der Waals surface area contributed by atoms with Crippen LogP contribution in [0.3, 0.4) is 0 Å². The van der Waals surface area contributed by atoms with Crippen LogP contribution in [0.2, 0.25) is 0 Å². The van der Waals surface area contributed by atoms with Crippen LogP contribution in [-0.4, -0.2) is 49.1 Å². The number of nitrogens with one attached hydrogen (secondary N) is 1. The van der Waals surface area contributed by atoms with Gasteiger partial charge < -0.3 is 5.32 Å². The predicted octanol–water partition coefficient (Wildman–Crippen LogP) is 2.77. The maximum atomic E-state index is 12.1. The zero-order chi connectivity index (χ0) is 14.8. The summed E-state index contributed by atoms with van der Waals surface area (Å²) in [5.74, 6) is 0.614. The molecule has 0 radical (unpaired) electrons. The summed E-state index contributed by atoms with van der Waals surface area (Å²) in [6.07, 6.45) is 0.00934. The molecule has 2 atom stereocenters. The maximum Gasteiger partial charge on any atom is 0.522 e. The number of hydrogen-bond acceptors (Lipinski definition) is 3. The number of halogens is 3. The average Bonchev–Trinajstić information content (AvgIpc) is 3.16. The molecular formula is C14H25F3N2O. The quantitative estimate of drug-likeness (QED) is 0.815. The van der Waals surface area contributed by atoms with Gasteiger partial charge in [-0.1, -0.05) is 13.3 Å². The van der Waals surface area contributed by atoms with Gasteiger partial charge in [-0.3, -0.25) is 9.64 Å². The molecule has 1 N–H and O–H groups in total. The van der Waals surface area contributed by atoms with Gasteiger partial charge in [0, 0.05) is 31.2 Å². The summed E-state index contributed by atoms with van der Waals surface area (Å²) < 4.78 is 40.3. The zero-order valence-corrected chi connectivity index (χ0v) is 12.3. The number of alkyl halides is 3. The van der Waals surface area contributed by atoms with E-state index in [2.05, 4.69) is 28.8 Å². The number of hydrogen-bond donors (Lipinski definition) is 1. The van der Waals surface area contributed by atoms with Crippen LogP contribution in [0.1, 0.15) is 39.5 Å². The minimum atomic E-state index is -4.52.